The molecule has 0 radical (unpaired) electrons. The quantitative estimate of drug-likeness (QED) is 0.813. The lowest BCUT2D eigenvalue weighted by atomic mass is 10.3. The van der Waals surface area contributed by atoms with Crippen LogP contribution in [0.3, 0.4) is 0 Å². The van der Waals surface area contributed by atoms with Crippen molar-refractivity contribution in [1.82, 2.24) is 9.97 Å². The first-order valence-electron chi connectivity index (χ1n) is 7.05. The van der Waals surface area contributed by atoms with Crippen molar-refractivity contribution in [3.05, 3.63) is 40.5 Å². The van der Waals surface area contributed by atoms with Crippen LogP contribution in [0.4, 0.5) is 5.82 Å². The molecule has 0 unspecified atom stereocenters. The van der Waals surface area contributed by atoms with E-state index in [1.54, 1.807) is 18.5 Å². The molecule has 1 atom stereocenters. The second-order valence-corrected chi connectivity index (χ2v) is 5.94. The predicted octanol–water partition coefficient (Wildman–Crippen LogP) is 3.06. The molecule has 1 aliphatic rings. The Morgan fingerprint density at radius 2 is 2.14 bits per heavy atom. The Morgan fingerprint density at radius 1 is 1.33 bits per heavy atom. The largest absolute Gasteiger partial charge is 0.452 e. The summed E-state index contributed by atoms with van der Waals surface area (Å²) < 4.78 is 5.40. The number of aromatic nitrogens is 2. The molecule has 21 heavy (non-hydrogen) atoms. The van der Waals surface area contributed by atoms with Crippen molar-refractivity contribution in [1.29, 1.82) is 0 Å². The van der Waals surface area contributed by atoms with E-state index < -0.39 is 0 Å². The van der Waals surface area contributed by atoms with Crippen molar-refractivity contribution in [2.24, 2.45) is 0 Å². The molecule has 0 saturated carbocycles. The normalized spacial score (nSPS) is 16.0. The van der Waals surface area contributed by atoms with Gasteiger partial charge in [-0.1, -0.05) is 0 Å². The maximum Gasteiger partial charge on any atom is 0.340 e. The number of anilines is 1. The standard InChI is InChI=1S/C15H17N3O2S/c1-11(14-16-6-9-21-14)20-15(19)12-4-5-13(17-10-12)18-7-2-3-8-18/h4-6,9-11H,2-3,7-8H2,1H3/t11-/m0/s1. The topological polar surface area (TPSA) is 55.3 Å². The summed E-state index contributed by atoms with van der Waals surface area (Å²) in [5, 5.41) is 2.66. The molecule has 0 amide bonds. The average molecular weight is 303 g/mol. The molecule has 1 fully saturated rings. The maximum absolute atomic E-state index is 12.1. The van der Waals surface area contributed by atoms with E-state index in [4.69, 9.17) is 4.74 Å². The molecule has 2 aromatic heterocycles. The van der Waals surface area contributed by atoms with E-state index >= 15 is 0 Å². The molecule has 0 aromatic carbocycles. The van der Waals surface area contributed by atoms with Crippen molar-refractivity contribution in [3.63, 3.8) is 0 Å². The highest BCUT2D eigenvalue weighted by Gasteiger charge is 2.17. The van der Waals surface area contributed by atoms with Gasteiger partial charge in [0.2, 0.25) is 0 Å². The summed E-state index contributed by atoms with van der Waals surface area (Å²) in [6.07, 6.45) is 5.37. The van der Waals surface area contributed by atoms with Crippen LogP contribution in [-0.2, 0) is 4.74 Å². The summed E-state index contributed by atoms with van der Waals surface area (Å²) in [4.78, 5) is 22.8. The van der Waals surface area contributed by atoms with Crippen molar-refractivity contribution in [3.8, 4) is 0 Å². The summed E-state index contributed by atoms with van der Waals surface area (Å²) >= 11 is 1.48. The number of pyridine rings is 1. The molecule has 3 heterocycles. The zero-order valence-electron chi connectivity index (χ0n) is 11.9. The second-order valence-electron chi connectivity index (χ2n) is 5.02. The summed E-state index contributed by atoms with van der Waals surface area (Å²) in [7, 11) is 0. The minimum absolute atomic E-state index is 0.337. The van der Waals surface area contributed by atoms with Crippen molar-refractivity contribution in [2.75, 3.05) is 18.0 Å². The van der Waals surface area contributed by atoms with Crippen LogP contribution in [0.5, 0.6) is 0 Å². The Hall–Kier alpha value is -1.95. The fourth-order valence-electron chi connectivity index (χ4n) is 2.35. The minimum atomic E-state index is -0.363. The van der Waals surface area contributed by atoms with E-state index in [1.807, 2.05) is 18.4 Å². The van der Waals surface area contributed by atoms with Crippen molar-refractivity contribution >= 4 is 23.1 Å². The Bertz CT molecular complexity index is 592. The lowest BCUT2D eigenvalue weighted by Gasteiger charge is -2.16. The molecule has 1 saturated heterocycles. The van der Waals surface area contributed by atoms with Gasteiger partial charge in [-0.2, -0.15) is 0 Å². The fourth-order valence-corrected chi connectivity index (χ4v) is 2.98. The van der Waals surface area contributed by atoms with Crippen LogP contribution in [0.15, 0.2) is 29.9 Å². The van der Waals surface area contributed by atoms with Crippen LogP contribution in [0, 0.1) is 0 Å². The van der Waals surface area contributed by atoms with Crippen molar-refractivity contribution in [2.45, 2.75) is 25.9 Å². The molecular formula is C15H17N3O2S. The number of nitrogens with zero attached hydrogens (tertiary/aromatic N) is 3. The van der Waals surface area contributed by atoms with E-state index in [2.05, 4.69) is 14.9 Å². The number of hydrogen-bond donors (Lipinski definition) is 0. The smallest absolute Gasteiger partial charge is 0.340 e. The molecular weight excluding hydrogens is 286 g/mol. The number of rotatable bonds is 4. The highest BCUT2D eigenvalue weighted by molar-refractivity contribution is 7.09. The summed E-state index contributed by atoms with van der Waals surface area (Å²) in [6.45, 7) is 3.90. The molecule has 5 nitrogen and oxygen atoms in total. The first-order valence-corrected chi connectivity index (χ1v) is 7.93. The van der Waals surface area contributed by atoms with Gasteiger partial charge in [-0.3, -0.25) is 0 Å². The van der Waals surface area contributed by atoms with Crippen LogP contribution < -0.4 is 4.90 Å². The summed E-state index contributed by atoms with van der Waals surface area (Å²) in [5.41, 5.74) is 0.473. The number of hydrogen-bond acceptors (Lipinski definition) is 6. The molecule has 6 heteroatoms. The fraction of sp³-hybridized carbons (Fsp3) is 0.400. The Kier molecular flexibility index (Phi) is 4.15. The second kappa shape index (κ2) is 6.22. The first kappa shape index (κ1) is 14.0. The van der Waals surface area contributed by atoms with Crippen LogP contribution >= 0.6 is 11.3 Å². The summed E-state index contributed by atoms with van der Waals surface area (Å²) in [5.74, 6) is 0.565. The molecule has 0 spiro atoms. The number of carbonyl (C=O) groups excluding carboxylic acids is 1. The Morgan fingerprint density at radius 3 is 2.76 bits per heavy atom. The first-order chi connectivity index (χ1) is 10.2. The Balaban J connectivity index is 1.64. The van der Waals surface area contributed by atoms with Gasteiger partial charge in [-0.05, 0) is 31.9 Å². The third-order valence-corrected chi connectivity index (χ3v) is 4.43. The van der Waals surface area contributed by atoms with Gasteiger partial charge in [0.1, 0.15) is 10.8 Å². The molecule has 0 aliphatic carbocycles. The third-order valence-electron chi connectivity index (χ3n) is 3.50. The number of thiazole rings is 1. The minimum Gasteiger partial charge on any atom is -0.452 e. The molecule has 3 rings (SSSR count). The van der Waals surface area contributed by atoms with E-state index in [1.165, 1.54) is 24.2 Å². The van der Waals surface area contributed by atoms with Gasteiger partial charge in [0.05, 0.1) is 5.56 Å². The van der Waals surface area contributed by atoms with Gasteiger partial charge in [-0.25, -0.2) is 14.8 Å². The molecule has 0 bridgehead atoms. The van der Waals surface area contributed by atoms with Gasteiger partial charge in [0.15, 0.2) is 6.10 Å². The zero-order chi connectivity index (χ0) is 14.7. The van der Waals surface area contributed by atoms with Gasteiger partial charge < -0.3 is 9.64 Å². The van der Waals surface area contributed by atoms with Crippen LogP contribution in [0.2, 0.25) is 0 Å². The van der Waals surface area contributed by atoms with Gasteiger partial charge in [0, 0.05) is 30.9 Å². The van der Waals surface area contributed by atoms with Crippen molar-refractivity contribution < 1.29 is 9.53 Å². The van der Waals surface area contributed by atoms with Gasteiger partial charge in [-0.15, -0.1) is 11.3 Å². The number of esters is 1. The van der Waals surface area contributed by atoms with Crippen LogP contribution in [-0.4, -0.2) is 29.0 Å². The Labute approximate surface area is 127 Å². The average Bonchev–Trinajstić information content (AvgIpc) is 3.20. The van der Waals surface area contributed by atoms with E-state index in [0.717, 1.165) is 23.9 Å². The number of carbonyl (C=O) groups is 1. The molecule has 0 N–H and O–H groups in total. The molecule has 1 aliphatic heterocycles. The SMILES string of the molecule is C[C@H](OC(=O)c1ccc(N2CCCC2)nc1)c1nccs1. The molecule has 110 valence electrons. The van der Waals surface area contributed by atoms with E-state index in [9.17, 15) is 4.79 Å². The molecule has 2 aromatic rings. The maximum atomic E-state index is 12.1. The number of ether oxygens (including phenoxy) is 1. The van der Waals surface area contributed by atoms with E-state index in [0.29, 0.717) is 5.56 Å². The van der Waals surface area contributed by atoms with Gasteiger partial charge in [0.25, 0.3) is 0 Å². The lowest BCUT2D eigenvalue weighted by Crippen LogP contribution is -2.19. The van der Waals surface area contributed by atoms with Crippen LogP contribution in [0.25, 0.3) is 0 Å². The highest BCUT2D eigenvalue weighted by Crippen LogP contribution is 2.21. The summed E-state index contributed by atoms with van der Waals surface area (Å²) in [6, 6.07) is 3.66. The predicted molar refractivity (Wildman–Crippen MR) is 81.6 cm³/mol. The van der Waals surface area contributed by atoms with Crippen LogP contribution in [0.1, 0.15) is 41.2 Å². The lowest BCUT2D eigenvalue weighted by molar-refractivity contribution is 0.0337. The highest BCUT2D eigenvalue weighted by atomic mass is 32.1. The third kappa shape index (κ3) is 3.21. The monoisotopic (exact) mass is 303 g/mol. The van der Waals surface area contributed by atoms with E-state index in [-0.39, 0.29) is 12.1 Å². The zero-order valence-corrected chi connectivity index (χ0v) is 12.7. The van der Waals surface area contributed by atoms with Gasteiger partial charge >= 0.3 is 5.97 Å².